The van der Waals surface area contributed by atoms with Crippen molar-refractivity contribution >= 4 is 11.3 Å². The van der Waals surface area contributed by atoms with Crippen molar-refractivity contribution in [2.75, 3.05) is 20.2 Å². The third-order valence-corrected chi connectivity index (χ3v) is 5.05. The summed E-state index contributed by atoms with van der Waals surface area (Å²) >= 11 is 1.86. The van der Waals surface area contributed by atoms with Crippen LogP contribution in [0.5, 0.6) is 0 Å². The second kappa shape index (κ2) is 7.73. The average Bonchev–Trinajstić information content (AvgIpc) is 2.86. The summed E-state index contributed by atoms with van der Waals surface area (Å²) in [5.41, 5.74) is 0.173. The Morgan fingerprint density at radius 3 is 2.76 bits per heavy atom. The molecule has 0 saturated carbocycles. The van der Waals surface area contributed by atoms with E-state index in [1.165, 1.54) is 35.6 Å². The molecular weight excluding hydrogens is 280 g/mol. The van der Waals surface area contributed by atoms with Gasteiger partial charge in [-0.3, -0.25) is 0 Å². The van der Waals surface area contributed by atoms with Crippen LogP contribution in [0.2, 0.25) is 0 Å². The van der Waals surface area contributed by atoms with Gasteiger partial charge in [-0.1, -0.05) is 6.42 Å². The van der Waals surface area contributed by atoms with Crippen LogP contribution in [-0.4, -0.2) is 36.7 Å². The van der Waals surface area contributed by atoms with Crippen molar-refractivity contribution < 1.29 is 4.74 Å². The molecule has 1 aromatic heterocycles. The first kappa shape index (κ1) is 16.9. The van der Waals surface area contributed by atoms with Crippen molar-refractivity contribution in [3.8, 4) is 0 Å². The number of nitrogens with zero attached hydrogens (tertiary/aromatic N) is 1. The second-order valence-electron chi connectivity index (χ2n) is 7.12. The lowest BCUT2D eigenvalue weighted by Gasteiger charge is -2.32. The minimum atomic E-state index is 0.173. The Balaban J connectivity index is 1.70. The number of hydrogen-bond donors (Lipinski definition) is 1. The molecule has 1 aliphatic heterocycles. The number of rotatable bonds is 6. The number of likely N-dealkylation sites (tertiary alicyclic amines) is 1. The standard InChI is InChI=1S/C17H30N2OS/c1-17(2,3)18-11-15-8-9-16(21-15)13-20-12-14-7-5-6-10-19(14)4/h8-9,14,18H,5-7,10-13H2,1-4H3. The summed E-state index contributed by atoms with van der Waals surface area (Å²) in [6.07, 6.45) is 3.96. The highest BCUT2D eigenvalue weighted by molar-refractivity contribution is 7.11. The Hall–Kier alpha value is -0.420. The van der Waals surface area contributed by atoms with Crippen molar-refractivity contribution in [1.29, 1.82) is 0 Å². The van der Waals surface area contributed by atoms with Crippen LogP contribution in [0.4, 0.5) is 0 Å². The van der Waals surface area contributed by atoms with E-state index < -0.39 is 0 Å². The smallest absolute Gasteiger partial charge is 0.0810 e. The fourth-order valence-electron chi connectivity index (χ4n) is 2.60. The van der Waals surface area contributed by atoms with Crippen LogP contribution in [0.1, 0.15) is 49.8 Å². The van der Waals surface area contributed by atoms with Crippen molar-refractivity contribution in [2.45, 2.75) is 64.8 Å². The van der Waals surface area contributed by atoms with Crippen molar-refractivity contribution in [2.24, 2.45) is 0 Å². The maximum atomic E-state index is 5.94. The molecule has 120 valence electrons. The minimum Gasteiger partial charge on any atom is -0.374 e. The zero-order valence-electron chi connectivity index (χ0n) is 13.9. The van der Waals surface area contributed by atoms with Crippen LogP contribution in [-0.2, 0) is 17.9 Å². The van der Waals surface area contributed by atoms with Gasteiger partial charge in [-0.15, -0.1) is 11.3 Å². The molecule has 1 N–H and O–H groups in total. The Morgan fingerprint density at radius 2 is 2.05 bits per heavy atom. The summed E-state index contributed by atoms with van der Waals surface area (Å²) in [4.78, 5) is 5.16. The highest BCUT2D eigenvalue weighted by Gasteiger charge is 2.18. The Kier molecular flexibility index (Phi) is 6.23. The van der Waals surface area contributed by atoms with Gasteiger partial charge in [-0.05, 0) is 59.3 Å². The summed E-state index contributed by atoms with van der Waals surface area (Å²) in [6.45, 7) is 10.4. The second-order valence-corrected chi connectivity index (χ2v) is 8.37. The maximum absolute atomic E-state index is 5.94. The summed E-state index contributed by atoms with van der Waals surface area (Å²) in [6, 6.07) is 5.03. The van der Waals surface area contributed by atoms with Gasteiger partial charge >= 0.3 is 0 Å². The van der Waals surface area contributed by atoms with Gasteiger partial charge in [0.1, 0.15) is 0 Å². The molecule has 1 fully saturated rings. The quantitative estimate of drug-likeness (QED) is 0.868. The van der Waals surface area contributed by atoms with Gasteiger partial charge in [-0.25, -0.2) is 0 Å². The molecule has 4 heteroatoms. The van der Waals surface area contributed by atoms with Gasteiger partial charge in [0.15, 0.2) is 0 Å². The van der Waals surface area contributed by atoms with E-state index in [2.05, 4.69) is 50.2 Å². The van der Waals surface area contributed by atoms with E-state index in [0.29, 0.717) is 6.04 Å². The third-order valence-electron chi connectivity index (χ3n) is 3.99. The molecule has 1 saturated heterocycles. The predicted octanol–water partition coefficient (Wildman–Crippen LogP) is 3.64. The summed E-state index contributed by atoms with van der Waals surface area (Å²) < 4.78 is 5.94. The van der Waals surface area contributed by atoms with Crippen LogP contribution in [0, 0.1) is 0 Å². The first-order valence-corrected chi connectivity index (χ1v) is 8.86. The zero-order chi connectivity index (χ0) is 15.3. The summed E-state index contributed by atoms with van der Waals surface area (Å²) in [7, 11) is 2.22. The van der Waals surface area contributed by atoms with E-state index in [4.69, 9.17) is 4.74 Å². The van der Waals surface area contributed by atoms with E-state index in [9.17, 15) is 0 Å². The molecule has 3 nitrogen and oxygen atoms in total. The molecule has 0 amide bonds. The normalized spacial score (nSPS) is 20.9. The van der Waals surface area contributed by atoms with Crippen LogP contribution < -0.4 is 5.32 Å². The van der Waals surface area contributed by atoms with Gasteiger partial charge in [0.2, 0.25) is 0 Å². The van der Waals surface area contributed by atoms with Crippen molar-refractivity contribution in [3.63, 3.8) is 0 Å². The summed E-state index contributed by atoms with van der Waals surface area (Å²) in [5, 5.41) is 3.53. The lowest BCUT2D eigenvalue weighted by molar-refractivity contribution is 0.0455. The number of ether oxygens (including phenoxy) is 1. The Morgan fingerprint density at radius 1 is 1.29 bits per heavy atom. The predicted molar refractivity (Wildman–Crippen MR) is 90.8 cm³/mol. The van der Waals surface area contributed by atoms with Crippen LogP contribution in [0.25, 0.3) is 0 Å². The highest BCUT2D eigenvalue weighted by Crippen LogP contribution is 2.20. The molecule has 21 heavy (non-hydrogen) atoms. The molecular formula is C17H30N2OS. The molecule has 1 aromatic rings. The molecule has 0 bridgehead atoms. The van der Waals surface area contributed by atoms with Gasteiger partial charge in [0, 0.05) is 27.9 Å². The number of hydrogen-bond acceptors (Lipinski definition) is 4. The zero-order valence-corrected chi connectivity index (χ0v) is 14.8. The van der Waals surface area contributed by atoms with E-state index in [1.807, 2.05) is 11.3 Å². The molecule has 1 aliphatic rings. The highest BCUT2D eigenvalue weighted by atomic mass is 32.1. The van der Waals surface area contributed by atoms with E-state index >= 15 is 0 Å². The summed E-state index contributed by atoms with van der Waals surface area (Å²) in [5.74, 6) is 0. The molecule has 0 aromatic carbocycles. The fraction of sp³-hybridized carbons (Fsp3) is 0.765. The molecule has 2 rings (SSSR count). The van der Waals surface area contributed by atoms with Gasteiger partial charge in [0.05, 0.1) is 13.2 Å². The molecule has 0 aliphatic carbocycles. The third kappa shape index (κ3) is 6.07. The molecule has 0 radical (unpaired) electrons. The van der Waals surface area contributed by atoms with E-state index in [0.717, 1.165) is 19.8 Å². The maximum Gasteiger partial charge on any atom is 0.0810 e. The number of likely N-dealkylation sites (N-methyl/N-ethyl adjacent to an activating group) is 1. The minimum absolute atomic E-state index is 0.173. The van der Waals surface area contributed by atoms with Gasteiger partial charge < -0.3 is 15.0 Å². The first-order valence-electron chi connectivity index (χ1n) is 8.05. The van der Waals surface area contributed by atoms with Crippen molar-refractivity contribution in [3.05, 3.63) is 21.9 Å². The lowest BCUT2D eigenvalue weighted by atomic mass is 10.0. The Bertz CT molecular complexity index is 425. The Labute approximate surface area is 133 Å². The van der Waals surface area contributed by atoms with Gasteiger partial charge in [0.25, 0.3) is 0 Å². The monoisotopic (exact) mass is 310 g/mol. The largest absolute Gasteiger partial charge is 0.374 e. The fourth-order valence-corrected chi connectivity index (χ4v) is 3.49. The average molecular weight is 311 g/mol. The van der Waals surface area contributed by atoms with Crippen molar-refractivity contribution in [1.82, 2.24) is 10.2 Å². The molecule has 0 spiro atoms. The number of nitrogens with one attached hydrogen (secondary N) is 1. The molecule has 2 heterocycles. The number of thiophene rings is 1. The van der Waals surface area contributed by atoms with Crippen LogP contribution >= 0.6 is 11.3 Å². The SMILES string of the molecule is CN1CCCCC1COCc1ccc(CNC(C)(C)C)s1. The van der Waals surface area contributed by atoms with Crippen LogP contribution in [0.15, 0.2) is 12.1 Å². The first-order chi connectivity index (χ1) is 9.94. The number of piperidine rings is 1. The van der Waals surface area contributed by atoms with Gasteiger partial charge in [-0.2, -0.15) is 0 Å². The van der Waals surface area contributed by atoms with Crippen LogP contribution in [0.3, 0.4) is 0 Å². The topological polar surface area (TPSA) is 24.5 Å². The molecule has 1 unspecified atom stereocenters. The molecule has 1 atom stereocenters. The lowest BCUT2D eigenvalue weighted by Crippen LogP contribution is -2.39. The van der Waals surface area contributed by atoms with E-state index in [1.54, 1.807) is 0 Å². The van der Waals surface area contributed by atoms with E-state index in [-0.39, 0.29) is 5.54 Å².